The monoisotopic (exact) mass is 272 g/mol. The molecule has 0 aliphatic carbocycles. The van der Waals surface area contributed by atoms with Crippen molar-refractivity contribution >= 4 is 5.91 Å². The summed E-state index contributed by atoms with van der Waals surface area (Å²) in [6, 6.07) is 10.7. The number of hydrogen-bond acceptors (Lipinski definition) is 3. The molecular weight excluding hydrogens is 256 g/mol. The van der Waals surface area contributed by atoms with Crippen molar-refractivity contribution in [1.82, 2.24) is 5.32 Å². The van der Waals surface area contributed by atoms with E-state index in [0.29, 0.717) is 23.4 Å². The van der Waals surface area contributed by atoms with Gasteiger partial charge in [0.25, 0.3) is 5.91 Å². The zero-order chi connectivity index (χ0) is 14.4. The molecule has 5 nitrogen and oxygen atoms in total. The van der Waals surface area contributed by atoms with Crippen LogP contribution in [0.2, 0.25) is 0 Å². The third-order valence-electron chi connectivity index (χ3n) is 2.71. The molecule has 1 heterocycles. The normalized spacial score (nSPS) is 10.1. The van der Waals surface area contributed by atoms with Gasteiger partial charge in [-0.15, -0.1) is 0 Å². The highest BCUT2D eigenvalue weighted by Gasteiger charge is 2.05. The molecular formula is C15H16N2O3. The molecule has 1 aromatic carbocycles. The lowest BCUT2D eigenvalue weighted by Crippen LogP contribution is -2.30. The predicted octanol–water partition coefficient (Wildman–Crippen LogP) is 1.44. The van der Waals surface area contributed by atoms with E-state index in [1.807, 2.05) is 31.2 Å². The number of hydrogen-bond donors (Lipinski definition) is 1. The minimum absolute atomic E-state index is 0.224. The minimum atomic E-state index is -0.224. The Morgan fingerprint density at radius 2 is 2.05 bits per heavy atom. The first-order chi connectivity index (χ1) is 9.65. The van der Waals surface area contributed by atoms with Crippen molar-refractivity contribution in [1.29, 1.82) is 0 Å². The van der Waals surface area contributed by atoms with Crippen molar-refractivity contribution in [3.8, 4) is 5.75 Å². The van der Waals surface area contributed by atoms with E-state index in [1.165, 1.54) is 24.5 Å². The van der Waals surface area contributed by atoms with Crippen LogP contribution in [0.3, 0.4) is 0 Å². The van der Waals surface area contributed by atoms with Crippen molar-refractivity contribution < 1.29 is 14.3 Å². The van der Waals surface area contributed by atoms with Crippen LogP contribution in [0.15, 0.2) is 48.8 Å². The van der Waals surface area contributed by atoms with Gasteiger partial charge in [-0.05, 0) is 24.6 Å². The molecule has 0 saturated heterocycles. The second-order valence-corrected chi connectivity index (χ2v) is 4.37. The predicted molar refractivity (Wildman–Crippen MR) is 74.4 cm³/mol. The Kier molecular flexibility index (Phi) is 4.55. The SMILES string of the molecule is Cc1cccc(OCCNC(=O)c2cc[n+]([O-])cc2)c1. The number of rotatable bonds is 5. The number of ether oxygens (including phenoxy) is 1. The summed E-state index contributed by atoms with van der Waals surface area (Å²) in [4.78, 5) is 11.7. The molecule has 0 spiro atoms. The Labute approximate surface area is 117 Å². The Morgan fingerprint density at radius 1 is 1.30 bits per heavy atom. The van der Waals surface area contributed by atoms with Gasteiger partial charge in [0, 0.05) is 12.1 Å². The molecule has 0 saturated carbocycles. The molecule has 0 bridgehead atoms. The van der Waals surface area contributed by atoms with Gasteiger partial charge in [-0.25, -0.2) is 0 Å². The maximum absolute atomic E-state index is 11.7. The quantitative estimate of drug-likeness (QED) is 0.509. The number of aromatic nitrogens is 1. The van der Waals surface area contributed by atoms with Crippen LogP contribution in [0, 0.1) is 12.1 Å². The van der Waals surface area contributed by atoms with E-state index < -0.39 is 0 Å². The summed E-state index contributed by atoms with van der Waals surface area (Å²) >= 11 is 0. The van der Waals surface area contributed by atoms with Crippen LogP contribution < -0.4 is 14.8 Å². The standard InChI is InChI=1S/C15H16N2O3/c1-12-3-2-4-14(11-12)20-10-7-16-15(18)13-5-8-17(19)9-6-13/h2-6,8-9,11H,7,10H2,1H3,(H,16,18). The van der Waals surface area contributed by atoms with E-state index >= 15 is 0 Å². The summed E-state index contributed by atoms with van der Waals surface area (Å²) in [5.41, 5.74) is 1.58. The zero-order valence-corrected chi connectivity index (χ0v) is 11.2. The van der Waals surface area contributed by atoms with Gasteiger partial charge in [-0.3, -0.25) is 4.79 Å². The van der Waals surface area contributed by atoms with Gasteiger partial charge in [-0.2, -0.15) is 4.73 Å². The van der Waals surface area contributed by atoms with Crippen molar-refractivity contribution in [2.24, 2.45) is 0 Å². The molecule has 0 aliphatic rings. The molecule has 0 aliphatic heterocycles. The van der Waals surface area contributed by atoms with Crippen molar-refractivity contribution in [2.75, 3.05) is 13.2 Å². The highest BCUT2D eigenvalue weighted by Crippen LogP contribution is 2.11. The second kappa shape index (κ2) is 6.56. The van der Waals surface area contributed by atoms with Crippen LogP contribution in [0.25, 0.3) is 0 Å². The van der Waals surface area contributed by atoms with Crippen LogP contribution in [-0.4, -0.2) is 19.1 Å². The van der Waals surface area contributed by atoms with E-state index in [2.05, 4.69) is 5.32 Å². The van der Waals surface area contributed by atoms with Crippen LogP contribution >= 0.6 is 0 Å². The smallest absolute Gasteiger partial charge is 0.251 e. The first-order valence-electron chi connectivity index (χ1n) is 6.31. The third-order valence-corrected chi connectivity index (χ3v) is 2.71. The molecule has 104 valence electrons. The second-order valence-electron chi connectivity index (χ2n) is 4.37. The molecule has 20 heavy (non-hydrogen) atoms. The van der Waals surface area contributed by atoms with Crippen LogP contribution in [0.1, 0.15) is 15.9 Å². The Morgan fingerprint density at radius 3 is 2.75 bits per heavy atom. The van der Waals surface area contributed by atoms with E-state index in [-0.39, 0.29) is 5.91 Å². The minimum Gasteiger partial charge on any atom is -0.619 e. The van der Waals surface area contributed by atoms with Crippen molar-refractivity contribution in [2.45, 2.75) is 6.92 Å². The summed E-state index contributed by atoms with van der Waals surface area (Å²) in [6.45, 7) is 2.79. The van der Waals surface area contributed by atoms with E-state index in [9.17, 15) is 10.0 Å². The number of nitrogens with zero attached hydrogens (tertiary/aromatic N) is 1. The molecule has 1 aromatic heterocycles. The number of nitrogens with one attached hydrogen (secondary N) is 1. The highest BCUT2D eigenvalue weighted by atomic mass is 16.5. The number of benzene rings is 1. The average Bonchev–Trinajstić information content (AvgIpc) is 2.44. The van der Waals surface area contributed by atoms with Gasteiger partial charge in [-0.1, -0.05) is 12.1 Å². The molecule has 5 heteroatoms. The van der Waals surface area contributed by atoms with Gasteiger partial charge >= 0.3 is 0 Å². The lowest BCUT2D eigenvalue weighted by Gasteiger charge is -2.08. The van der Waals surface area contributed by atoms with Gasteiger partial charge < -0.3 is 15.3 Å². The molecule has 0 radical (unpaired) electrons. The number of carbonyl (C=O) groups excluding carboxylic acids is 1. The zero-order valence-electron chi connectivity index (χ0n) is 11.2. The number of carbonyl (C=O) groups is 1. The summed E-state index contributed by atoms with van der Waals surface area (Å²) < 4.78 is 6.16. The van der Waals surface area contributed by atoms with Gasteiger partial charge in [0.1, 0.15) is 12.4 Å². The van der Waals surface area contributed by atoms with Gasteiger partial charge in [0.2, 0.25) is 0 Å². The lowest BCUT2D eigenvalue weighted by molar-refractivity contribution is -0.605. The Hall–Kier alpha value is -2.56. The van der Waals surface area contributed by atoms with E-state index in [4.69, 9.17) is 4.74 Å². The first kappa shape index (κ1) is 13.9. The Balaban J connectivity index is 1.76. The molecule has 2 rings (SSSR count). The average molecular weight is 272 g/mol. The Bertz CT molecular complexity index is 582. The fourth-order valence-electron chi connectivity index (χ4n) is 1.70. The molecule has 0 unspecified atom stereocenters. The maximum Gasteiger partial charge on any atom is 0.251 e. The van der Waals surface area contributed by atoms with Crippen molar-refractivity contribution in [3.05, 3.63) is 65.1 Å². The van der Waals surface area contributed by atoms with Crippen LogP contribution in [-0.2, 0) is 0 Å². The van der Waals surface area contributed by atoms with Gasteiger partial charge in [0.05, 0.1) is 12.1 Å². The van der Waals surface area contributed by atoms with Crippen molar-refractivity contribution in [3.63, 3.8) is 0 Å². The highest BCUT2D eigenvalue weighted by molar-refractivity contribution is 5.93. The molecule has 0 atom stereocenters. The summed E-state index contributed by atoms with van der Waals surface area (Å²) in [5.74, 6) is 0.560. The van der Waals surface area contributed by atoms with E-state index in [1.54, 1.807) is 0 Å². The number of aryl methyl sites for hydroxylation is 1. The topological polar surface area (TPSA) is 65.3 Å². The summed E-state index contributed by atoms with van der Waals surface area (Å²) in [7, 11) is 0. The third kappa shape index (κ3) is 3.98. The fraction of sp³-hybridized carbons (Fsp3) is 0.200. The molecule has 2 aromatic rings. The van der Waals surface area contributed by atoms with Crippen LogP contribution in [0.5, 0.6) is 5.75 Å². The lowest BCUT2D eigenvalue weighted by atomic mass is 10.2. The molecule has 1 amide bonds. The van der Waals surface area contributed by atoms with Gasteiger partial charge in [0.15, 0.2) is 12.4 Å². The van der Waals surface area contributed by atoms with E-state index in [0.717, 1.165) is 11.3 Å². The van der Waals surface area contributed by atoms with Crippen LogP contribution in [0.4, 0.5) is 0 Å². The molecule has 0 fully saturated rings. The fourth-order valence-corrected chi connectivity index (χ4v) is 1.70. The maximum atomic E-state index is 11.7. The summed E-state index contributed by atoms with van der Waals surface area (Å²) in [5, 5.41) is 13.6. The molecule has 1 N–H and O–H groups in total. The first-order valence-corrected chi connectivity index (χ1v) is 6.31. The number of pyridine rings is 1. The number of amides is 1. The largest absolute Gasteiger partial charge is 0.619 e. The summed E-state index contributed by atoms with van der Waals surface area (Å²) in [6.07, 6.45) is 2.58.